The third kappa shape index (κ3) is 0.608. The minimum absolute atomic E-state index is 0.124. The quantitative estimate of drug-likeness (QED) is 0.533. The van der Waals surface area contributed by atoms with Gasteiger partial charge in [-0.05, 0) is 30.6 Å². The van der Waals surface area contributed by atoms with E-state index in [1.165, 1.54) is 19.3 Å². The zero-order valence-electron chi connectivity index (χ0n) is 9.05. The average molecular weight is 181 g/mol. The molecule has 0 N–H and O–H groups in total. The van der Waals surface area contributed by atoms with Crippen LogP contribution in [-0.4, -0.2) is 17.8 Å². The highest BCUT2D eigenvalue weighted by Crippen LogP contribution is 2.75. The van der Waals surface area contributed by atoms with Crippen LogP contribution in [-0.2, 0) is 4.84 Å². The van der Waals surface area contributed by atoms with Crippen LogP contribution in [0.1, 0.15) is 40.0 Å². The Morgan fingerprint density at radius 2 is 1.92 bits per heavy atom. The number of fused-ring (bicyclic) bond motifs is 3. The van der Waals surface area contributed by atoms with Gasteiger partial charge >= 0.3 is 0 Å². The zero-order chi connectivity index (χ0) is 9.48. The van der Waals surface area contributed by atoms with Gasteiger partial charge in [-0.1, -0.05) is 20.8 Å². The van der Waals surface area contributed by atoms with E-state index in [1.807, 2.05) is 0 Å². The predicted octanol–water partition coefficient (Wildman–Crippen LogP) is 2.41. The Bertz CT molecular complexity index is 275. The van der Waals surface area contributed by atoms with Crippen LogP contribution in [0.5, 0.6) is 0 Å². The van der Waals surface area contributed by atoms with Crippen molar-refractivity contribution in [2.24, 2.45) is 16.7 Å². The molecule has 13 heavy (non-hydrogen) atoms. The van der Waals surface area contributed by atoms with Crippen LogP contribution in [0.15, 0.2) is 0 Å². The van der Waals surface area contributed by atoms with Crippen LogP contribution in [0.3, 0.4) is 0 Å². The lowest BCUT2D eigenvalue weighted by atomic mass is 9.68. The summed E-state index contributed by atoms with van der Waals surface area (Å²) in [5.41, 5.74) is 0.983. The van der Waals surface area contributed by atoms with Crippen molar-refractivity contribution in [3.63, 3.8) is 0 Å². The van der Waals surface area contributed by atoms with E-state index in [-0.39, 0.29) is 5.72 Å². The first-order valence-electron chi connectivity index (χ1n) is 5.37. The zero-order valence-corrected chi connectivity index (χ0v) is 9.05. The van der Waals surface area contributed by atoms with E-state index in [4.69, 9.17) is 4.84 Å². The van der Waals surface area contributed by atoms with Gasteiger partial charge < -0.3 is 0 Å². The Morgan fingerprint density at radius 1 is 1.31 bits per heavy atom. The highest BCUT2D eigenvalue weighted by atomic mass is 16.9. The van der Waals surface area contributed by atoms with E-state index in [0.717, 1.165) is 5.92 Å². The fraction of sp³-hybridized carbons (Fsp3) is 1.00. The summed E-state index contributed by atoms with van der Waals surface area (Å²) in [7, 11) is 2.09. The van der Waals surface area contributed by atoms with E-state index in [0.29, 0.717) is 10.8 Å². The van der Waals surface area contributed by atoms with E-state index >= 15 is 0 Å². The molecule has 74 valence electrons. The minimum atomic E-state index is 0.124. The maximum Gasteiger partial charge on any atom is 0.170 e. The van der Waals surface area contributed by atoms with Crippen molar-refractivity contribution in [2.45, 2.75) is 45.8 Å². The molecule has 2 nitrogen and oxygen atoms in total. The van der Waals surface area contributed by atoms with Crippen LogP contribution >= 0.6 is 0 Å². The molecule has 4 atom stereocenters. The van der Waals surface area contributed by atoms with Crippen molar-refractivity contribution in [1.82, 2.24) is 5.06 Å². The van der Waals surface area contributed by atoms with Crippen molar-refractivity contribution in [2.75, 3.05) is 7.05 Å². The Balaban J connectivity index is 2.09. The molecule has 0 radical (unpaired) electrons. The Kier molecular flexibility index (Phi) is 1.16. The smallest absolute Gasteiger partial charge is 0.170 e. The largest absolute Gasteiger partial charge is 0.271 e. The second-order valence-corrected chi connectivity index (χ2v) is 5.87. The Hall–Kier alpha value is -0.0800. The topological polar surface area (TPSA) is 15.5 Å². The summed E-state index contributed by atoms with van der Waals surface area (Å²) in [6, 6.07) is 0. The maximum atomic E-state index is 5.77. The normalized spacial score (nSPS) is 61.8. The number of hydrogen-bond acceptors (Lipinski definition) is 2. The van der Waals surface area contributed by atoms with Gasteiger partial charge in [-0.25, -0.2) is 0 Å². The predicted molar refractivity (Wildman–Crippen MR) is 50.8 cm³/mol. The fourth-order valence-corrected chi connectivity index (χ4v) is 4.03. The molecule has 0 aromatic heterocycles. The molecule has 2 heteroatoms. The lowest BCUT2D eigenvalue weighted by molar-refractivity contribution is 0.0701. The summed E-state index contributed by atoms with van der Waals surface area (Å²) in [5, 5.41) is 2.09. The fourth-order valence-electron chi connectivity index (χ4n) is 4.03. The summed E-state index contributed by atoms with van der Waals surface area (Å²) >= 11 is 0. The molecule has 1 aliphatic heterocycles. The standard InChI is InChI=1S/C11H19NO/c1-9(2)8-5-6-10(9,3)11(7-8)12(4)13-11/h8H,5-7H2,1-4H3/t8-,10-,11?,12?/m1/s1. The van der Waals surface area contributed by atoms with Crippen LogP contribution in [0.4, 0.5) is 0 Å². The first-order valence-corrected chi connectivity index (χ1v) is 5.37. The third-order valence-electron chi connectivity index (χ3n) is 5.58. The molecule has 1 spiro atoms. The number of nitrogens with zero attached hydrogens (tertiary/aromatic N) is 1. The number of rotatable bonds is 0. The summed E-state index contributed by atoms with van der Waals surface area (Å²) in [6.45, 7) is 7.27. The average Bonchev–Trinajstić information content (AvgIpc) is 2.58. The van der Waals surface area contributed by atoms with Gasteiger partial charge in [-0.2, -0.15) is 5.06 Å². The van der Waals surface area contributed by atoms with Gasteiger partial charge in [0.2, 0.25) is 0 Å². The second kappa shape index (κ2) is 1.82. The summed E-state index contributed by atoms with van der Waals surface area (Å²) in [5.74, 6) is 0.877. The Morgan fingerprint density at radius 3 is 2.15 bits per heavy atom. The van der Waals surface area contributed by atoms with Crippen molar-refractivity contribution in [1.29, 1.82) is 0 Å². The molecule has 3 aliphatic rings. The highest BCUT2D eigenvalue weighted by Gasteiger charge is 2.78. The monoisotopic (exact) mass is 181 g/mol. The molecule has 0 amide bonds. The van der Waals surface area contributed by atoms with Crippen molar-refractivity contribution < 1.29 is 4.84 Å². The van der Waals surface area contributed by atoms with E-state index in [1.54, 1.807) is 0 Å². The summed E-state index contributed by atoms with van der Waals surface area (Å²) in [4.78, 5) is 5.77. The molecule has 2 unspecified atom stereocenters. The molecule has 2 bridgehead atoms. The first-order chi connectivity index (χ1) is 5.94. The SMILES string of the molecule is CN1OC12C[C@H]1CC[C@]2(C)C1(C)C. The lowest BCUT2D eigenvalue weighted by Crippen LogP contribution is -2.40. The highest BCUT2D eigenvalue weighted by molar-refractivity contribution is 5.20. The molecule has 0 aromatic rings. The molecule has 1 saturated heterocycles. The molecule has 1 heterocycles. The van der Waals surface area contributed by atoms with Crippen molar-refractivity contribution in [3.05, 3.63) is 0 Å². The van der Waals surface area contributed by atoms with Gasteiger partial charge in [0.15, 0.2) is 5.72 Å². The number of hydroxylamine groups is 2. The molecule has 3 rings (SSSR count). The third-order valence-corrected chi connectivity index (χ3v) is 5.58. The van der Waals surface area contributed by atoms with Crippen LogP contribution in [0, 0.1) is 16.7 Å². The van der Waals surface area contributed by atoms with Gasteiger partial charge in [-0.3, -0.25) is 4.84 Å². The van der Waals surface area contributed by atoms with Crippen LogP contribution in [0.25, 0.3) is 0 Å². The lowest BCUT2D eigenvalue weighted by Gasteiger charge is -2.36. The Labute approximate surface area is 80.2 Å². The minimum Gasteiger partial charge on any atom is -0.271 e. The first kappa shape index (κ1) is 8.25. The van der Waals surface area contributed by atoms with Crippen molar-refractivity contribution >= 4 is 0 Å². The van der Waals surface area contributed by atoms with E-state index < -0.39 is 0 Å². The molecule has 3 fully saturated rings. The van der Waals surface area contributed by atoms with Gasteiger partial charge in [0.25, 0.3) is 0 Å². The molecular formula is C11H19NO. The van der Waals surface area contributed by atoms with Crippen LogP contribution < -0.4 is 0 Å². The number of hydrogen-bond donors (Lipinski definition) is 0. The van der Waals surface area contributed by atoms with Gasteiger partial charge in [-0.15, -0.1) is 0 Å². The van der Waals surface area contributed by atoms with E-state index in [2.05, 4.69) is 32.9 Å². The van der Waals surface area contributed by atoms with E-state index in [9.17, 15) is 0 Å². The second-order valence-electron chi connectivity index (χ2n) is 5.87. The molecule has 0 aromatic carbocycles. The molecular weight excluding hydrogens is 162 g/mol. The maximum absolute atomic E-state index is 5.77. The summed E-state index contributed by atoms with van der Waals surface area (Å²) < 4.78 is 0. The van der Waals surface area contributed by atoms with Gasteiger partial charge in [0.1, 0.15) is 0 Å². The molecule has 2 saturated carbocycles. The van der Waals surface area contributed by atoms with Crippen molar-refractivity contribution in [3.8, 4) is 0 Å². The molecule has 2 aliphatic carbocycles. The summed E-state index contributed by atoms with van der Waals surface area (Å²) in [6.07, 6.45) is 4.00. The van der Waals surface area contributed by atoms with Crippen LogP contribution in [0.2, 0.25) is 0 Å². The van der Waals surface area contributed by atoms with Gasteiger partial charge in [0.05, 0.1) is 0 Å². The van der Waals surface area contributed by atoms with Gasteiger partial charge in [0, 0.05) is 12.5 Å².